The standard InChI is InChI=1S/C18H17F3N2O4S/c1-27-13-4-2-3-12(11-13)18(24)22-7-9-23(10-8-22)28(25,26)15-6-5-14(19)16(20)17(15)21/h2-6,11H,7-10H2,1H3. The van der Waals surface area contributed by atoms with Crippen LogP contribution in [0.4, 0.5) is 13.2 Å². The molecule has 2 aromatic rings. The minimum Gasteiger partial charge on any atom is -0.497 e. The molecule has 0 saturated carbocycles. The lowest BCUT2D eigenvalue weighted by molar-refractivity contribution is 0.0697. The summed E-state index contributed by atoms with van der Waals surface area (Å²) in [5.74, 6) is -4.84. The van der Waals surface area contributed by atoms with E-state index in [1.54, 1.807) is 24.3 Å². The van der Waals surface area contributed by atoms with Crippen LogP contribution in [0.15, 0.2) is 41.3 Å². The molecule has 1 fully saturated rings. The number of hydrogen-bond donors (Lipinski definition) is 0. The Balaban J connectivity index is 1.74. The average molecular weight is 414 g/mol. The van der Waals surface area contributed by atoms with Crippen LogP contribution in [0.25, 0.3) is 0 Å². The molecule has 0 bridgehead atoms. The van der Waals surface area contributed by atoms with Gasteiger partial charge in [0.2, 0.25) is 10.0 Å². The van der Waals surface area contributed by atoms with Crippen LogP contribution in [-0.4, -0.2) is 56.8 Å². The van der Waals surface area contributed by atoms with Crippen LogP contribution < -0.4 is 4.74 Å². The summed E-state index contributed by atoms with van der Waals surface area (Å²) in [5.41, 5.74) is 0.391. The van der Waals surface area contributed by atoms with Gasteiger partial charge < -0.3 is 9.64 Å². The Morgan fingerprint density at radius 3 is 2.32 bits per heavy atom. The van der Waals surface area contributed by atoms with Crippen LogP contribution in [0.3, 0.4) is 0 Å². The summed E-state index contributed by atoms with van der Waals surface area (Å²) < 4.78 is 71.6. The number of hydrogen-bond acceptors (Lipinski definition) is 4. The Morgan fingerprint density at radius 2 is 1.68 bits per heavy atom. The number of methoxy groups -OCH3 is 1. The molecular weight excluding hydrogens is 397 g/mol. The summed E-state index contributed by atoms with van der Waals surface area (Å²) in [5, 5.41) is 0. The fourth-order valence-electron chi connectivity index (χ4n) is 2.92. The van der Waals surface area contributed by atoms with Crippen molar-refractivity contribution in [3.63, 3.8) is 0 Å². The lowest BCUT2D eigenvalue weighted by Crippen LogP contribution is -2.50. The number of carbonyl (C=O) groups is 1. The molecule has 10 heteroatoms. The first kappa shape index (κ1) is 20.2. The predicted octanol–water partition coefficient (Wildman–Crippen LogP) is 2.26. The van der Waals surface area contributed by atoms with Crippen molar-refractivity contribution in [2.75, 3.05) is 33.3 Å². The number of nitrogens with zero attached hydrogens (tertiary/aromatic N) is 2. The van der Waals surface area contributed by atoms with Crippen molar-refractivity contribution in [3.05, 3.63) is 59.4 Å². The molecule has 1 aliphatic heterocycles. The third kappa shape index (κ3) is 3.69. The minimum absolute atomic E-state index is 0.0700. The molecule has 2 aromatic carbocycles. The first-order chi connectivity index (χ1) is 13.3. The second-order valence-electron chi connectivity index (χ2n) is 6.10. The Kier molecular flexibility index (Phi) is 5.61. The van der Waals surface area contributed by atoms with Gasteiger partial charge in [-0.2, -0.15) is 4.31 Å². The summed E-state index contributed by atoms with van der Waals surface area (Å²) in [6.07, 6.45) is 0. The molecule has 28 heavy (non-hydrogen) atoms. The number of piperazine rings is 1. The van der Waals surface area contributed by atoms with E-state index in [2.05, 4.69) is 0 Å². The molecule has 6 nitrogen and oxygen atoms in total. The number of rotatable bonds is 4. The van der Waals surface area contributed by atoms with Gasteiger partial charge in [0.1, 0.15) is 10.6 Å². The number of sulfonamides is 1. The molecule has 0 spiro atoms. The summed E-state index contributed by atoms with van der Waals surface area (Å²) in [6, 6.07) is 7.80. The molecule has 150 valence electrons. The Bertz CT molecular complexity index is 1010. The molecular formula is C18H17F3N2O4S. The van der Waals surface area contributed by atoms with E-state index in [0.29, 0.717) is 23.4 Å². The smallest absolute Gasteiger partial charge is 0.254 e. The van der Waals surface area contributed by atoms with Crippen molar-refractivity contribution >= 4 is 15.9 Å². The van der Waals surface area contributed by atoms with Gasteiger partial charge in [-0.05, 0) is 30.3 Å². The molecule has 1 amide bonds. The molecule has 3 rings (SSSR count). The molecule has 1 saturated heterocycles. The van der Waals surface area contributed by atoms with Crippen molar-refractivity contribution in [2.45, 2.75) is 4.90 Å². The number of halogens is 3. The Morgan fingerprint density at radius 1 is 1.00 bits per heavy atom. The van der Waals surface area contributed by atoms with Crippen LogP contribution in [0.1, 0.15) is 10.4 Å². The topological polar surface area (TPSA) is 66.9 Å². The SMILES string of the molecule is COc1cccc(C(=O)N2CCN(S(=O)(=O)c3ccc(F)c(F)c3F)CC2)c1. The zero-order valence-electron chi connectivity index (χ0n) is 14.9. The van der Waals surface area contributed by atoms with E-state index in [4.69, 9.17) is 4.74 Å². The van der Waals surface area contributed by atoms with Gasteiger partial charge in [-0.3, -0.25) is 4.79 Å². The molecule has 1 heterocycles. The number of carbonyl (C=O) groups excluding carboxylic acids is 1. The van der Waals surface area contributed by atoms with E-state index in [1.807, 2.05) is 0 Å². The van der Waals surface area contributed by atoms with E-state index in [-0.39, 0.29) is 32.1 Å². The van der Waals surface area contributed by atoms with Crippen molar-refractivity contribution in [2.24, 2.45) is 0 Å². The Hall–Kier alpha value is -2.59. The highest BCUT2D eigenvalue weighted by atomic mass is 32.2. The van der Waals surface area contributed by atoms with Crippen molar-refractivity contribution in [3.8, 4) is 5.75 Å². The number of benzene rings is 2. The molecule has 1 aliphatic rings. The maximum atomic E-state index is 13.9. The van der Waals surface area contributed by atoms with Gasteiger partial charge in [-0.1, -0.05) is 6.07 Å². The summed E-state index contributed by atoms with van der Waals surface area (Å²) >= 11 is 0. The first-order valence-corrected chi connectivity index (χ1v) is 9.76. The van der Waals surface area contributed by atoms with E-state index < -0.39 is 32.4 Å². The van der Waals surface area contributed by atoms with Gasteiger partial charge in [0, 0.05) is 31.7 Å². The van der Waals surface area contributed by atoms with Crippen LogP contribution in [0.2, 0.25) is 0 Å². The van der Waals surface area contributed by atoms with Crippen molar-refractivity contribution < 1.29 is 31.1 Å². The fraction of sp³-hybridized carbons (Fsp3) is 0.278. The fourth-order valence-corrected chi connectivity index (χ4v) is 4.39. The van der Waals surface area contributed by atoms with Gasteiger partial charge in [0.25, 0.3) is 5.91 Å². The van der Waals surface area contributed by atoms with E-state index in [0.717, 1.165) is 4.31 Å². The van der Waals surface area contributed by atoms with Crippen molar-refractivity contribution in [1.29, 1.82) is 0 Å². The third-order valence-corrected chi connectivity index (χ3v) is 6.38. The van der Waals surface area contributed by atoms with Crippen molar-refractivity contribution in [1.82, 2.24) is 9.21 Å². The van der Waals surface area contributed by atoms with Crippen LogP contribution in [0.5, 0.6) is 5.75 Å². The summed E-state index contributed by atoms with van der Waals surface area (Å²) in [4.78, 5) is 13.1. The highest BCUT2D eigenvalue weighted by Crippen LogP contribution is 2.24. The number of amides is 1. The highest BCUT2D eigenvalue weighted by molar-refractivity contribution is 7.89. The highest BCUT2D eigenvalue weighted by Gasteiger charge is 2.33. The maximum Gasteiger partial charge on any atom is 0.254 e. The monoisotopic (exact) mass is 414 g/mol. The second kappa shape index (κ2) is 7.80. The first-order valence-electron chi connectivity index (χ1n) is 8.32. The van der Waals surface area contributed by atoms with Crippen LogP contribution in [-0.2, 0) is 10.0 Å². The van der Waals surface area contributed by atoms with Gasteiger partial charge in [0.05, 0.1) is 7.11 Å². The molecule has 0 aliphatic carbocycles. The lowest BCUT2D eigenvalue weighted by atomic mass is 10.1. The summed E-state index contributed by atoms with van der Waals surface area (Å²) in [7, 11) is -2.89. The van der Waals surface area contributed by atoms with E-state index >= 15 is 0 Å². The van der Waals surface area contributed by atoms with E-state index in [9.17, 15) is 26.4 Å². The lowest BCUT2D eigenvalue weighted by Gasteiger charge is -2.34. The quantitative estimate of drug-likeness (QED) is 0.720. The van der Waals surface area contributed by atoms with Gasteiger partial charge in [0.15, 0.2) is 17.5 Å². The largest absolute Gasteiger partial charge is 0.497 e. The minimum atomic E-state index is -4.36. The van der Waals surface area contributed by atoms with Gasteiger partial charge in [-0.15, -0.1) is 0 Å². The second-order valence-corrected chi connectivity index (χ2v) is 8.01. The molecule has 0 unspecified atom stereocenters. The predicted molar refractivity (Wildman–Crippen MR) is 94.0 cm³/mol. The van der Waals surface area contributed by atoms with Crippen LogP contribution in [0, 0.1) is 17.5 Å². The molecule has 0 atom stereocenters. The summed E-state index contributed by atoms with van der Waals surface area (Å²) in [6.45, 7) is -0.0614. The average Bonchev–Trinajstić information content (AvgIpc) is 2.71. The van der Waals surface area contributed by atoms with E-state index in [1.165, 1.54) is 12.0 Å². The molecule has 0 radical (unpaired) electrons. The zero-order valence-corrected chi connectivity index (χ0v) is 15.7. The zero-order chi connectivity index (χ0) is 20.5. The van der Waals surface area contributed by atoms with Gasteiger partial charge in [-0.25, -0.2) is 21.6 Å². The molecule has 0 N–H and O–H groups in total. The Labute approximate surface area is 160 Å². The molecule has 0 aromatic heterocycles. The van der Waals surface area contributed by atoms with Crippen LogP contribution >= 0.6 is 0 Å². The van der Waals surface area contributed by atoms with Gasteiger partial charge >= 0.3 is 0 Å². The maximum absolute atomic E-state index is 13.9. The normalized spacial score (nSPS) is 15.5. The number of ether oxygens (including phenoxy) is 1. The third-order valence-electron chi connectivity index (χ3n) is 4.46.